The van der Waals surface area contributed by atoms with Crippen molar-refractivity contribution in [2.75, 3.05) is 0 Å². The van der Waals surface area contributed by atoms with Crippen LogP contribution in [0.1, 0.15) is 91.4 Å². The van der Waals surface area contributed by atoms with Crippen LogP contribution in [-0.2, 0) is 0 Å². The molecule has 4 aliphatic rings. The molecular formula is C24H40O2. The van der Waals surface area contributed by atoms with E-state index in [0.717, 1.165) is 42.9 Å². The second kappa shape index (κ2) is 6.92. The van der Waals surface area contributed by atoms with Crippen molar-refractivity contribution >= 4 is 0 Å². The van der Waals surface area contributed by atoms with Crippen molar-refractivity contribution in [1.82, 2.24) is 0 Å². The van der Waals surface area contributed by atoms with Gasteiger partial charge in [-0.15, -0.1) is 0 Å². The number of allylic oxidation sites excluding steroid dienone is 1. The minimum absolute atomic E-state index is 0.0930. The first-order chi connectivity index (χ1) is 12.3. The fraction of sp³-hybridized carbons (Fsp3) is 0.917. The van der Waals surface area contributed by atoms with Gasteiger partial charge in [0.15, 0.2) is 0 Å². The summed E-state index contributed by atoms with van der Waals surface area (Å²) >= 11 is 0. The van der Waals surface area contributed by atoms with Crippen molar-refractivity contribution in [3.05, 3.63) is 11.6 Å². The fourth-order valence-corrected chi connectivity index (χ4v) is 7.88. The third-order valence-corrected chi connectivity index (χ3v) is 9.45. The van der Waals surface area contributed by atoms with Crippen molar-refractivity contribution in [3.8, 4) is 0 Å². The quantitative estimate of drug-likeness (QED) is 0.652. The van der Waals surface area contributed by atoms with E-state index in [1.807, 2.05) is 6.92 Å². The molecule has 0 amide bonds. The highest BCUT2D eigenvalue weighted by atomic mass is 16.3. The monoisotopic (exact) mass is 360 g/mol. The molecule has 0 radical (unpaired) electrons. The van der Waals surface area contributed by atoms with Crippen LogP contribution in [0.3, 0.4) is 0 Å². The van der Waals surface area contributed by atoms with E-state index in [9.17, 15) is 10.2 Å². The van der Waals surface area contributed by atoms with Crippen LogP contribution in [0, 0.1) is 34.5 Å². The first kappa shape index (κ1) is 19.0. The Morgan fingerprint density at radius 1 is 1.12 bits per heavy atom. The maximum Gasteiger partial charge on any atom is 0.0577 e. The smallest absolute Gasteiger partial charge is 0.0577 e. The van der Waals surface area contributed by atoms with E-state index < -0.39 is 0 Å². The van der Waals surface area contributed by atoms with Crippen molar-refractivity contribution in [2.45, 2.75) is 104 Å². The summed E-state index contributed by atoms with van der Waals surface area (Å²) in [4.78, 5) is 0. The molecule has 0 bridgehead atoms. The van der Waals surface area contributed by atoms with Gasteiger partial charge in [0.2, 0.25) is 0 Å². The maximum atomic E-state index is 10.1. The summed E-state index contributed by atoms with van der Waals surface area (Å²) in [6.45, 7) is 7.07. The molecule has 8 atom stereocenters. The third kappa shape index (κ3) is 3.00. The van der Waals surface area contributed by atoms with Crippen LogP contribution >= 0.6 is 0 Å². The van der Waals surface area contributed by atoms with Crippen LogP contribution in [0.2, 0.25) is 0 Å². The van der Waals surface area contributed by atoms with Gasteiger partial charge in [-0.25, -0.2) is 0 Å². The van der Waals surface area contributed by atoms with Crippen LogP contribution in [0.4, 0.5) is 0 Å². The molecule has 4 aliphatic carbocycles. The van der Waals surface area contributed by atoms with Crippen LogP contribution in [0.5, 0.6) is 0 Å². The molecule has 3 fully saturated rings. The topological polar surface area (TPSA) is 40.5 Å². The van der Waals surface area contributed by atoms with Crippen molar-refractivity contribution in [1.29, 1.82) is 0 Å². The third-order valence-electron chi connectivity index (χ3n) is 9.45. The Bertz CT molecular complexity index is 552. The highest BCUT2D eigenvalue weighted by Gasteiger charge is 2.58. The number of hydrogen-bond donors (Lipinski definition) is 2. The summed E-state index contributed by atoms with van der Waals surface area (Å²) in [7, 11) is 0. The second-order valence-corrected chi connectivity index (χ2v) is 10.8. The average molecular weight is 361 g/mol. The zero-order valence-corrected chi connectivity index (χ0v) is 17.2. The Hall–Kier alpha value is -0.340. The van der Waals surface area contributed by atoms with Gasteiger partial charge in [-0.2, -0.15) is 0 Å². The molecule has 148 valence electrons. The van der Waals surface area contributed by atoms with Gasteiger partial charge >= 0.3 is 0 Å². The van der Waals surface area contributed by atoms with Crippen LogP contribution < -0.4 is 0 Å². The Kier molecular flexibility index (Phi) is 5.06. The lowest BCUT2D eigenvalue weighted by atomic mass is 9.47. The van der Waals surface area contributed by atoms with E-state index in [1.54, 1.807) is 5.57 Å². The Morgan fingerprint density at radius 2 is 1.92 bits per heavy atom. The summed E-state index contributed by atoms with van der Waals surface area (Å²) in [5, 5.41) is 19.8. The predicted molar refractivity (Wildman–Crippen MR) is 107 cm³/mol. The highest BCUT2D eigenvalue weighted by molar-refractivity contribution is 5.25. The van der Waals surface area contributed by atoms with E-state index in [0.29, 0.717) is 10.8 Å². The lowest BCUT2D eigenvalue weighted by Gasteiger charge is -2.58. The maximum absolute atomic E-state index is 10.1. The van der Waals surface area contributed by atoms with E-state index in [-0.39, 0.29) is 12.2 Å². The molecule has 4 rings (SSSR count). The Balaban J connectivity index is 1.51. The number of hydrogen-bond acceptors (Lipinski definition) is 2. The lowest BCUT2D eigenvalue weighted by Crippen LogP contribution is -2.50. The minimum atomic E-state index is -0.140. The van der Waals surface area contributed by atoms with E-state index >= 15 is 0 Å². The van der Waals surface area contributed by atoms with Gasteiger partial charge in [0, 0.05) is 0 Å². The predicted octanol–water partition coefficient (Wildman–Crippen LogP) is 5.48. The van der Waals surface area contributed by atoms with E-state index in [2.05, 4.69) is 19.9 Å². The standard InChI is InChI=1S/C24H40O2/c1-16(25)5-4-6-17-8-10-21-20-9-7-18-15-19(26)11-13-24(18,3)22(20)12-14-23(17,21)2/h7,16-17,19-22,25-26H,4-6,8-15H2,1-3H3. The Labute approximate surface area is 160 Å². The lowest BCUT2D eigenvalue weighted by molar-refractivity contribution is -0.0510. The number of aliphatic hydroxyl groups is 2. The molecule has 8 unspecified atom stereocenters. The van der Waals surface area contributed by atoms with Gasteiger partial charge in [-0.3, -0.25) is 0 Å². The molecule has 0 heterocycles. The number of rotatable bonds is 4. The zero-order chi connectivity index (χ0) is 18.5. The molecule has 0 aromatic heterocycles. The van der Waals surface area contributed by atoms with Gasteiger partial charge in [0.05, 0.1) is 12.2 Å². The second-order valence-electron chi connectivity index (χ2n) is 10.8. The van der Waals surface area contributed by atoms with Crippen LogP contribution in [-0.4, -0.2) is 22.4 Å². The SMILES string of the molecule is CC(O)CCCC1CCC2C3CC=C4CC(O)CCC4(C)C3CCC12C. The average Bonchev–Trinajstić information content (AvgIpc) is 2.92. The summed E-state index contributed by atoms with van der Waals surface area (Å²) in [6, 6.07) is 0. The molecule has 2 N–H and O–H groups in total. The molecule has 2 nitrogen and oxygen atoms in total. The molecule has 0 aliphatic heterocycles. The zero-order valence-electron chi connectivity index (χ0n) is 17.2. The van der Waals surface area contributed by atoms with Gasteiger partial charge in [-0.05, 0) is 106 Å². The van der Waals surface area contributed by atoms with Gasteiger partial charge in [0.25, 0.3) is 0 Å². The molecule has 0 saturated heterocycles. The highest BCUT2D eigenvalue weighted by Crippen LogP contribution is 2.66. The first-order valence-corrected chi connectivity index (χ1v) is 11.4. The summed E-state index contributed by atoms with van der Waals surface area (Å²) in [6.07, 6.45) is 15.8. The summed E-state index contributed by atoms with van der Waals surface area (Å²) in [5.41, 5.74) is 2.50. The normalized spacial score (nSPS) is 49.0. The molecule has 2 heteroatoms. The van der Waals surface area contributed by atoms with Crippen molar-refractivity contribution < 1.29 is 10.2 Å². The summed E-state index contributed by atoms with van der Waals surface area (Å²) < 4.78 is 0. The molecule has 3 saturated carbocycles. The number of aliphatic hydroxyl groups excluding tert-OH is 2. The van der Waals surface area contributed by atoms with Crippen molar-refractivity contribution in [2.24, 2.45) is 34.5 Å². The van der Waals surface area contributed by atoms with E-state index in [1.165, 1.54) is 51.4 Å². The molecular weight excluding hydrogens is 320 g/mol. The van der Waals surface area contributed by atoms with Gasteiger partial charge in [-0.1, -0.05) is 31.9 Å². The largest absolute Gasteiger partial charge is 0.393 e. The minimum Gasteiger partial charge on any atom is -0.393 e. The Morgan fingerprint density at radius 3 is 2.69 bits per heavy atom. The van der Waals surface area contributed by atoms with Gasteiger partial charge < -0.3 is 10.2 Å². The van der Waals surface area contributed by atoms with Gasteiger partial charge in [0.1, 0.15) is 0 Å². The molecule has 26 heavy (non-hydrogen) atoms. The fourth-order valence-electron chi connectivity index (χ4n) is 7.88. The van der Waals surface area contributed by atoms with E-state index in [4.69, 9.17) is 0 Å². The first-order valence-electron chi connectivity index (χ1n) is 11.4. The van der Waals surface area contributed by atoms with Crippen LogP contribution in [0.15, 0.2) is 11.6 Å². The molecule has 0 aromatic rings. The molecule has 0 aromatic carbocycles. The van der Waals surface area contributed by atoms with Crippen molar-refractivity contribution in [3.63, 3.8) is 0 Å². The number of fused-ring (bicyclic) bond motifs is 5. The molecule has 0 spiro atoms. The van der Waals surface area contributed by atoms with Crippen LogP contribution in [0.25, 0.3) is 0 Å². The summed E-state index contributed by atoms with van der Waals surface area (Å²) in [5.74, 6) is 3.50.